The van der Waals surface area contributed by atoms with Crippen molar-refractivity contribution in [1.29, 1.82) is 0 Å². The van der Waals surface area contributed by atoms with Crippen molar-refractivity contribution in [1.82, 2.24) is 10.9 Å². The summed E-state index contributed by atoms with van der Waals surface area (Å²) in [6, 6.07) is 11.2. The quantitative estimate of drug-likeness (QED) is 0.354. The van der Waals surface area contributed by atoms with Gasteiger partial charge in [-0.25, -0.2) is 0 Å². The standard InChI is InChI=1S/C20H18BrCl2N3O5/c21-13-6-4-12(5-7-13)20(30)26-25-18(28)11-31-19(29)3-1-2-17(27)24-14-8-9-15(22)16(23)10-14/h4-10H,1-3,11H2,(H,24,27)(H,25,28)(H,26,30). The topological polar surface area (TPSA) is 114 Å². The molecule has 0 saturated carbocycles. The summed E-state index contributed by atoms with van der Waals surface area (Å²) in [6.07, 6.45) is 0.256. The number of anilines is 1. The van der Waals surface area contributed by atoms with Crippen LogP contribution in [0.5, 0.6) is 0 Å². The fourth-order valence-corrected chi connectivity index (χ4v) is 2.81. The third-order valence-corrected chi connectivity index (χ3v) is 5.04. The van der Waals surface area contributed by atoms with Crippen molar-refractivity contribution in [2.45, 2.75) is 19.3 Å². The van der Waals surface area contributed by atoms with E-state index < -0.39 is 24.4 Å². The van der Waals surface area contributed by atoms with Crippen LogP contribution < -0.4 is 16.2 Å². The molecular formula is C20H18BrCl2N3O5. The van der Waals surface area contributed by atoms with Crippen molar-refractivity contribution in [2.75, 3.05) is 11.9 Å². The van der Waals surface area contributed by atoms with Gasteiger partial charge in [0.05, 0.1) is 10.0 Å². The molecule has 0 aliphatic carbocycles. The highest BCUT2D eigenvalue weighted by molar-refractivity contribution is 9.10. The largest absolute Gasteiger partial charge is 0.455 e. The van der Waals surface area contributed by atoms with Gasteiger partial charge in [-0.15, -0.1) is 0 Å². The molecule has 0 saturated heterocycles. The van der Waals surface area contributed by atoms with Crippen LogP contribution in [-0.2, 0) is 19.1 Å². The molecule has 0 aliphatic rings. The van der Waals surface area contributed by atoms with Gasteiger partial charge < -0.3 is 10.1 Å². The Morgan fingerprint density at radius 3 is 2.26 bits per heavy atom. The van der Waals surface area contributed by atoms with Gasteiger partial charge in [-0.1, -0.05) is 39.1 Å². The van der Waals surface area contributed by atoms with E-state index in [0.29, 0.717) is 21.3 Å². The van der Waals surface area contributed by atoms with Gasteiger partial charge in [0.1, 0.15) is 0 Å². The number of benzene rings is 2. The zero-order valence-electron chi connectivity index (χ0n) is 16.0. The van der Waals surface area contributed by atoms with Crippen LogP contribution in [0.1, 0.15) is 29.6 Å². The molecule has 0 aliphatic heterocycles. The molecule has 164 valence electrons. The number of esters is 1. The lowest BCUT2D eigenvalue weighted by molar-refractivity contribution is -0.148. The highest BCUT2D eigenvalue weighted by atomic mass is 79.9. The molecule has 0 fully saturated rings. The van der Waals surface area contributed by atoms with Gasteiger partial charge in [-0.2, -0.15) is 0 Å². The number of rotatable bonds is 8. The average Bonchev–Trinajstić information content (AvgIpc) is 2.73. The van der Waals surface area contributed by atoms with Gasteiger partial charge >= 0.3 is 5.97 Å². The summed E-state index contributed by atoms with van der Waals surface area (Å²) in [4.78, 5) is 47.1. The van der Waals surface area contributed by atoms with Crippen molar-refractivity contribution in [3.8, 4) is 0 Å². The van der Waals surface area contributed by atoms with E-state index in [1.165, 1.54) is 6.07 Å². The van der Waals surface area contributed by atoms with Crippen LogP contribution in [0.15, 0.2) is 46.9 Å². The van der Waals surface area contributed by atoms with E-state index in [-0.39, 0.29) is 25.2 Å². The van der Waals surface area contributed by atoms with Gasteiger partial charge in [-0.05, 0) is 48.9 Å². The van der Waals surface area contributed by atoms with Crippen LogP contribution in [0.2, 0.25) is 10.0 Å². The third-order valence-electron chi connectivity index (χ3n) is 3.77. The SMILES string of the molecule is O=C(COC(=O)CCCC(=O)Nc1ccc(Cl)c(Cl)c1)NNC(=O)c1ccc(Br)cc1. The first kappa shape index (κ1) is 24.6. The van der Waals surface area contributed by atoms with E-state index in [4.69, 9.17) is 27.9 Å². The molecule has 0 radical (unpaired) electrons. The number of carbonyl (C=O) groups is 4. The summed E-state index contributed by atoms with van der Waals surface area (Å²) in [5.41, 5.74) is 5.20. The first-order valence-electron chi connectivity index (χ1n) is 9.00. The van der Waals surface area contributed by atoms with E-state index >= 15 is 0 Å². The van der Waals surface area contributed by atoms with Crippen LogP contribution in [0.4, 0.5) is 5.69 Å². The Bertz CT molecular complexity index is 970. The molecule has 0 atom stereocenters. The molecule has 0 aromatic heterocycles. The second kappa shape index (κ2) is 12.3. The lowest BCUT2D eigenvalue weighted by atomic mass is 10.2. The summed E-state index contributed by atoms with van der Waals surface area (Å²) >= 11 is 14.9. The fraction of sp³-hybridized carbons (Fsp3) is 0.200. The number of ether oxygens (including phenoxy) is 1. The van der Waals surface area contributed by atoms with Crippen molar-refractivity contribution in [3.05, 3.63) is 62.5 Å². The molecule has 0 spiro atoms. The van der Waals surface area contributed by atoms with E-state index in [0.717, 1.165) is 4.47 Å². The Morgan fingerprint density at radius 1 is 0.871 bits per heavy atom. The minimum Gasteiger partial charge on any atom is -0.455 e. The number of amides is 3. The van der Waals surface area contributed by atoms with Crippen LogP contribution in [0.25, 0.3) is 0 Å². The highest BCUT2D eigenvalue weighted by Gasteiger charge is 2.11. The highest BCUT2D eigenvalue weighted by Crippen LogP contribution is 2.25. The van der Waals surface area contributed by atoms with E-state index in [2.05, 4.69) is 32.1 Å². The number of hydrogen-bond donors (Lipinski definition) is 3. The summed E-state index contributed by atoms with van der Waals surface area (Å²) < 4.78 is 5.63. The number of nitrogens with one attached hydrogen (secondary N) is 3. The molecule has 2 aromatic rings. The van der Waals surface area contributed by atoms with E-state index in [1.807, 2.05) is 0 Å². The molecule has 3 amide bonds. The molecule has 2 aromatic carbocycles. The molecule has 2 rings (SSSR count). The molecule has 0 heterocycles. The summed E-state index contributed by atoms with van der Waals surface area (Å²) in [6.45, 7) is -0.561. The fourth-order valence-electron chi connectivity index (χ4n) is 2.24. The summed E-state index contributed by atoms with van der Waals surface area (Å²) in [5, 5.41) is 3.33. The van der Waals surface area contributed by atoms with Crippen molar-refractivity contribution in [2.24, 2.45) is 0 Å². The van der Waals surface area contributed by atoms with Gasteiger partial charge in [0.25, 0.3) is 11.8 Å². The van der Waals surface area contributed by atoms with Crippen molar-refractivity contribution in [3.63, 3.8) is 0 Å². The summed E-state index contributed by atoms with van der Waals surface area (Å²) in [7, 11) is 0. The van der Waals surface area contributed by atoms with Crippen LogP contribution in [0.3, 0.4) is 0 Å². The predicted octanol–water partition coefficient (Wildman–Crippen LogP) is 3.87. The smallest absolute Gasteiger partial charge is 0.306 e. The van der Waals surface area contributed by atoms with E-state index in [9.17, 15) is 19.2 Å². The van der Waals surface area contributed by atoms with E-state index in [1.54, 1.807) is 36.4 Å². The molecular weight excluding hydrogens is 513 g/mol. The Morgan fingerprint density at radius 2 is 1.58 bits per heavy atom. The Labute approximate surface area is 196 Å². The Balaban J connectivity index is 1.61. The lowest BCUT2D eigenvalue weighted by Crippen LogP contribution is -2.43. The van der Waals surface area contributed by atoms with Crippen molar-refractivity contribution >= 4 is 68.5 Å². The number of carbonyl (C=O) groups excluding carboxylic acids is 4. The average molecular weight is 531 g/mol. The second-order valence-corrected chi connectivity index (χ2v) is 7.93. The van der Waals surface area contributed by atoms with Crippen LogP contribution >= 0.6 is 39.1 Å². The Hall–Kier alpha value is -2.62. The van der Waals surface area contributed by atoms with Gasteiger partial charge in [0.15, 0.2) is 6.61 Å². The van der Waals surface area contributed by atoms with Crippen molar-refractivity contribution < 1.29 is 23.9 Å². The molecule has 0 unspecified atom stereocenters. The molecule has 11 heteroatoms. The first-order chi connectivity index (χ1) is 14.7. The maximum atomic E-state index is 11.9. The maximum Gasteiger partial charge on any atom is 0.306 e. The molecule has 3 N–H and O–H groups in total. The predicted molar refractivity (Wildman–Crippen MR) is 120 cm³/mol. The van der Waals surface area contributed by atoms with Gasteiger partial charge in [0.2, 0.25) is 5.91 Å². The minimum atomic E-state index is -0.698. The number of hydrogen-bond acceptors (Lipinski definition) is 5. The first-order valence-corrected chi connectivity index (χ1v) is 10.5. The van der Waals surface area contributed by atoms with Crippen LogP contribution in [0, 0.1) is 0 Å². The third kappa shape index (κ3) is 8.95. The lowest BCUT2D eigenvalue weighted by Gasteiger charge is -2.08. The molecule has 31 heavy (non-hydrogen) atoms. The summed E-state index contributed by atoms with van der Waals surface area (Å²) in [5.74, 6) is -2.16. The number of hydrazine groups is 1. The minimum absolute atomic E-state index is 0.0483. The zero-order valence-corrected chi connectivity index (χ0v) is 19.1. The maximum absolute atomic E-state index is 11.9. The zero-order chi connectivity index (χ0) is 22.8. The second-order valence-electron chi connectivity index (χ2n) is 6.20. The molecule has 0 bridgehead atoms. The van der Waals surface area contributed by atoms with Crippen LogP contribution in [-0.4, -0.2) is 30.3 Å². The Kier molecular flexibility index (Phi) is 9.77. The monoisotopic (exact) mass is 529 g/mol. The van der Waals surface area contributed by atoms with Gasteiger partial charge in [0, 0.05) is 28.6 Å². The van der Waals surface area contributed by atoms with Gasteiger partial charge in [-0.3, -0.25) is 30.0 Å². The number of halogens is 3. The molecule has 8 nitrogen and oxygen atoms in total. The normalized spacial score (nSPS) is 10.2.